The van der Waals surface area contributed by atoms with Crippen molar-refractivity contribution in [2.24, 2.45) is 0 Å². The fourth-order valence-corrected chi connectivity index (χ4v) is 2.68. The maximum atomic E-state index is 6.00. The van der Waals surface area contributed by atoms with Crippen molar-refractivity contribution in [3.63, 3.8) is 0 Å². The number of aromatic nitrogens is 1. The minimum Gasteiger partial charge on any atom is -0.398 e. The van der Waals surface area contributed by atoms with Crippen LogP contribution >= 0.6 is 11.3 Å². The Morgan fingerprint density at radius 1 is 1.25 bits per heavy atom. The Balaban J connectivity index is 2.60. The molecule has 0 saturated carbocycles. The average molecular weight is 232 g/mol. The molecule has 0 bridgehead atoms. The fourth-order valence-electron chi connectivity index (χ4n) is 1.74. The van der Waals surface area contributed by atoms with Crippen molar-refractivity contribution < 1.29 is 0 Å². The summed E-state index contributed by atoms with van der Waals surface area (Å²) in [6.45, 7) is 6.42. The van der Waals surface area contributed by atoms with Crippen LogP contribution in [0.4, 0.5) is 5.69 Å². The van der Waals surface area contributed by atoms with Gasteiger partial charge in [-0.3, -0.25) is 0 Å². The van der Waals surface area contributed by atoms with E-state index >= 15 is 0 Å². The number of hydrogen-bond donors (Lipinski definition) is 1. The van der Waals surface area contributed by atoms with Gasteiger partial charge >= 0.3 is 0 Å². The van der Waals surface area contributed by atoms with Crippen LogP contribution in [-0.2, 0) is 0 Å². The summed E-state index contributed by atoms with van der Waals surface area (Å²) in [5.74, 6) is 0.487. The smallest absolute Gasteiger partial charge is 0.0904 e. The van der Waals surface area contributed by atoms with E-state index in [9.17, 15) is 0 Å². The van der Waals surface area contributed by atoms with E-state index < -0.39 is 0 Å². The van der Waals surface area contributed by atoms with Crippen LogP contribution in [0.2, 0.25) is 0 Å². The van der Waals surface area contributed by atoms with Crippen LogP contribution < -0.4 is 5.73 Å². The summed E-state index contributed by atoms with van der Waals surface area (Å²) in [7, 11) is 0. The minimum absolute atomic E-state index is 0.487. The number of nitrogens with two attached hydrogens (primary N) is 1. The highest BCUT2D eigenvalue weighted by molar-refractivity contribution is 7.12. The van der Waals surface area contributed by atoms with Gasteiger partial charge in [0, 0.05) is 16.1 Å². The number of para-hydroxylation sites is 1. The van der Waals surface area contributed by atoms with Gasteiger partial charge in [0.05, 0.1) is 10.7 Å². The molecule has 0 amide bonds. The van der Waals surface area contributed by atoms with Gasteiger partial charge in [-0.25, -0.2) is 4.98 Å². The van der Waals surface area contributed by atoms with Gasteiger partial charge in [0.15, 0.2) is 0 Å². The van der Waals surface area contributed by atoms with Crippen LogP contribution in [0.15, 0.2) is 24.3 Å². The van der Waals surface area contributed by atoms with Crippen molar-refractivity contribution in [1.82, 2.24) is 4.98 Å². The number of anilines is 1. The van der Waals surface area contributed by atoms with Crippen molar-refractivity contribution in [3.8, 4) is 11.3 Å². The van der Waals surface area contributed by atoms with Gasteiger partial charge in [-0.1, -0.05) is 32.0 Å². The van der Waals surface area contributed by atoms with E-state index in [-0.39, 0.29) is 0 Å². The molecule has 0 aliphatic carbocycles. The van der Waals surface area contributed by atoms with Crippen LogP contribution in [0.1, 0.15) is 29.7 Å². The molecule has 2 rings (SSSR count). The van der Waals surface area contributed by atoms with Gasteiger partial charge in [-0.05, 0) is 18.9 Å². The second-order valence-corrected chi connectivity index (χ2v) is 5.42. The van der Waals surface area contributed by atoms with E-state index in [1.54, 1.807) is 11.3 Å². The first kappa shape index (κ1) is 11.1. The molecule has 0 saturated heterocycles. The molecule has 0 fully saturated rings. The molecule has 1 aromatic heterocycles. The fraction of sp³-hybridized carbons (Fsp3) is 0.308. The second-order valence-electron chi connectivity index (χ2n) is 4.19. The Kier molecular flexibility index (Phi) is 2.97. The lowest BCUT2D eigenvalue weighted by Gasteiger charge is -2.07. The molecular weight excluding hydrogens is 216 g/mol. The van der Waals surface area contributed by atoms with Crippen LogP contribution in [0.3, 0.4) is 0 Å². The zero-order chi connectivity index (χ0) is 11.7. The van der Waals surface area contributed by atoms with Gasteiger partial charge in [0.25, 0.3) is 0 Å². The Bertz CT molecular complexity index is 500. The number of nitrogens with zero attached hydrogens (tertiary/aromatic N) is 1. The molecule has 0 spiro atoms. The van der Waals surface area contributed by atoms with E-state index in [4.69, 9.17) is 5.73 Å². The number of rotatable bonds is 2. The molecule has 0 unspecified atom stereocenters. The quantitative estimate of drug-likeness (QED) is 0.799. The zero-order valence-electron chi connectivity index (χ0n) is 9.82. The van der Waals surface area contributed by atoms with Gasteiger partial charge < -0.3 is 5.73 Å². The first-order valence-corrected chi connectivity index (χ1v) is 6.23. The first-order chi connectivity index (χ1) is 7.59. The molecule has 2 nitrogen and oxygen atoms in total. The standard InChI is InChI=1S/C13H16N2S/c1-8(2)13-12(15-9(3)16-13)10-6-4-5-7-11(10)14/h4-8H,14H2,1-3H3. The molecule has 0 aliphatic rings. The van der Waals surface area contributed by atoms with Crippen LogP contribution in [-0.4, -0.2) is 4.98 Å². The normalized spacial score (nSPS) is 11.0. The van der Waals surface area contributed by atoms with Crippen molar-refractivity contribution in [2.75, 3.05) is 5.73 Å². The van der Waals surface area contributed by atoms with Crippen molar-refractivity contribution >= 4 is 17.0 Å². The summed E-state index contributed by atoms with van der Waals surface area (Å²) in [5.41, 5.74) is 8.90. The summed E-state index contributed by atoms with van der Waals surface area (Å²) in [5, 5.41) is 1.10. The Labute approximate surface area is 100 Å². The average Bonchev–Trinajstić information content (AvgIpc) is 2.61. The third-order valence-electron chi connectivity index (χ3n) is 2.50. The molecule has 0 atom stereocenters. The van der Waals surface area contributed by atoms with E-state index in [1.807, 2.05) is 31.2 Å². The molecule has 1 aromatic carbocycles. The maximum absolute atomic E-state index is 6.00. The molecule has 2 aromatic rings. The number of aryl methyl sites for hydroxylation is 1. The minimum atomic E-state index is 0.487. The monoisotopic (exact) mass is 232 g/mol. The predicted molar refractivity (Wildman–Crippen MR) is 70.8 cm³/mol. The van der Waals surface area contributed by atoms with Gasteiger partial charge in [-0.2, -0.15) is 0 Å². The second kappa shape index (κ2) is 4.26. The SMILES string of the molecule is Cc1nc(-c2ccccc2N)c(C(C)C)s1. The molecule has 3 heteroatoms. The topological polar surface area (TPSA) is 38.9 Å². The van der Waals surface area contributed by atoms with Gasteiger partial charge in [0.1, 0.15) is 0 Å². The highest BCUT2D eigenvalue weighted by Crippen LogP contribution is 2.35. The summed E-state index contributed by atoms with van der Waals surface area (Å²) in [4.78, 5) is 5.92. The summed E-state index contributed by atoms with van der Waals surface area (Å²) >= 11 is 1.76. The number of benzene rings is 1. The van der Waals surface area contributed by atoms with Crippen LogP contribution in [0.25, 0.3) is 11.3 Å². The lowest BCUT2D eigenvalue weighted by molar-refractivity contribution is 0.888. The summed E-state index contributed by atoms with van der Waals surface area (Å²) < 4.78 is 0. The van der Waals surface area contributed by atoms with E-state index in [1.165, 1.54) is 4.88 Å². The Morgan fingerprint density at radius 3 is 2.56 bits per heavy atom. The lowest BCUT2D eigenvalue weighted by Crippen LogP contribution is -1.93. The molecule has 0 radical (unpaired) electrons. The largest absolute Gasteiger partial charge is 0.398 e. The van der Waals surface area contributed by atoms with Crippen molar-refractivity contribution in [2.45, 2.75) is 26.7 Å². The van der Waals surface area contributed by atoms with Gasteiger partial charge in [0.2, 0.25) is 0 Å². The molecule has 0 aliphatic heterocycles. The van der Waals surface area contributed by atoms with Crippen LogP contribution in [0.5, 0.6) is 0 Å². The van der Waals surface area contributed by atoms with E-state index in [2.05, 4.69) is 18.8 Å². The Hall–Kier alpha value is -1.35. The van der Waals surface area contributed by atoms with Crippen molar-refractivity contribution in [1.29, 1.82) is 0 Å². The molecule has 84 valence electrons. The van der Waals surface area contributed by atoms with Crippen LogP contribution in [0, 0.1) is 6.92 Å². The number of thiazole rings is 1. The first-order valence-electron chi connectivity index (χ1n) is 5.41. The molecular formula is C13H16N2S. The highest BCUT2D eigenvalue weighted by atomic mass is 32.1. The van der Waals surface area contributed by atoms with Gasteiger partial charge in [-0.15, -0.1) is 11.3 Å². The predicted octanol–water partition coefficient (Wildman–Crippen LogP) is 3.82. The highest BCUT2D eigenvalue weighted by Gasteiger charge is 2.15. The third-order valence-corrected chi connectivity index (χ3v) is 3.77. The zero-order valence-corrected chi connectivity index (χ0v) is 10.6. The number of nitrogen functional groups attached to an aromatic ring is 1. The third kappa shape index (κ3) is 1.95. The van der Waals surface area contributed by atoms with Crippen molar-refractivity contribution in [3.05, 3.63) is 34.2 Å². The Morgan fingerprint density at radius 2 is 1.94 bits per heavy atom. The summed E-state index contributed by atoms with van der Waals surface area (Å²) in [6.07, 6.45) is 0. The lowest BCUT2D eigenvalue weighted by atomic mass is 10.0. The summed E-state index contributed by atoms with van der Waals surface area (Å²) in [6, 6.07) is 7.92. The molecule has 16 heavy (non-hydrogen) atoms. The maximum Gasteiger partial charge on any atom is 0.0904 e. The number of hydrogen-bond acceptors (Lipinski definition) is 3. The van der Waals surface area contributed by atoms with E-state index in [0.717, 1.165) is 22.0 Å². The molecule has 2 N–H and O–H groups in total. The van der Waals surface area contributed by atoms with E-state index in [0.29, 0.717) is 5.92 Å². The molecule has 1 heterocycles.